The maximum atomic E-state index is 12.8. The molecule has 0 atom stereocenters. The minimum atomic E-state index is -0.262. The predicted octanol–water partition coefficient (Wildman–Crippen LogP) is 2.12. The highest BCUT2D eigenvalue weighted by Gasteiger charge is 2.00. The van der Waals surface area contributed by atoms with Crippen LogP contribution in [0.25, 0.3) is 0 Å². The highest BCUT2D eigenvalue weighted by molar-refractivity contribution is 9.10. The summed E-state index contributed by atoms with van der Waals surface area (Å²) in [5.41, 5.74) is 0.543. The first-order chi connectivity index (χ1) is 5.24. The normalized spacial score (nSPS) is 10.1. The van der Waals surface area contributed by atoms with Crippen LogP contribution in [0, 0.1) is 5.82 Å². The Morgan fingerprint density at radius 3 is 2.82 bits per heavy atom. The van der Waals surface area contributed by atoms with Gasteiger partial charge >= 0.3 is 0 Å². The van der Waals surface area contributed by atoms with Crippen LogP contribution >= 0.6 is 15.9 Å². The summed E-state index contributed by atoms with van der Waals surface area (Å²) in [6.07, 6.45) is 0.366. The minimum absolute atomic E-state index is 0.0205. The number of aliphatic hydroxyl groups excluding tert-OH is 1. The van der Waals surface area contributed by atoms with E-state index in [2.05, 4.69) is 15.9 Å². The molecule has 0 radical (unpaired) electrons. The average molecular weight is 219 g/mol. The Bertz CT molecular complexity index is 250. The lowest BCUT2D eigenvalue weighted by Crippen LogP contribution is -1.94. The van der Waals surface area contributed by atoms with Crippen molar-refractivity contribution in [3.8, 4) is 0 Å². The monoisotopic (exact) mass is 218 g/mol. The molecule has 0 fully saturated rings. The molecule has 0 spiro atoms. The number of halogens is 2. The molecule has 3 heteroatoms. The van der Waals surface area contributed by atoms with Gasteiger partial charge in [0.05, 0.1) is 0 Å². The van der Waals surface area contributed by atoms with Gasteiger partial charge in [-0.2, -0.15) is 0 Å². The Labute approximate surface area is 73.0 Å². The maximum Gasteiger partial charge on any atom is 0.126 e. The average Bonchev–Trinajstić information content (AvgIpc) is 1.98. The van der Waals surface area contributed by atoms with E-state index in [1.165, 1.54) is 6.07 Å². The van der Waals surface area contributed by atoms with E-state index < -0.39 is 0 Å². The third kappa shape index (κ3) is 2.27. The fraction of sp³-hybridized carbons (Fsp3) is 0.250. The Morgan fingerprint density at radius 2 is 2.18 bits per heavy atom. The molecule has 0 aliphatic carbocycles. The van der Waals surface area contributed by atoms with Gasteiger partial charge in [0.25, 0.3) is 0 Å². The van der Waals surface area contributed by atoms with Crippen LogP contribution in [0.4, 0.5) is 4.39 Å². The second-order valence-corrected chi connectivity index (χ2v) is 3.13. The van der Waals surface area contributed by atoms with Crippen molar-refractivity contribution in [3.63, 3.8) is 0 Å². The quantitative estimate of drug-likeness (QED) is 0.807. The molecular formula is C8H8BrFO. The largest absolute Gasteiger partial charge is 0.396 e. The van der Waals surface area contributed by atoms with Crippen molar-refractivity contribution >= 4 is 15.9 Å². The molecule has 0 unspecified atom stereocenters. The third-order valence-electron chi connectivity index (χ3n) is 1.39. The van der Waals surface area contributed by atoms with Gasteiger partial charge in [0.2, 0.25) is 0 Å². The van der Waals surface area contributed by atoms with E-state index in [0.29, 0.717) is 12.0 Å². The van der Waals surface area contributed by atoms with Crippen LogP contribution in [0.1, 0.15) is 5.56 Å². The zero-order chi connectivity index (χ0) is 8.27. The summed E-state index contributed by atoms with van der Waals surface area (Å²) in [6, 6.07) is 4.69. The Balaban J connectivity index is 2.93. The maximum absolute atomic E-state index is 12.8. The second kappa shape index (κ2) is 3.83. The van der Waals surface area contributed by atoms with Crippen LogP contribution in [0.2, 0.25) is 0 Å². The molecule has 0 aliphatic rings. The van der Waals surface area contributed by atoms with E-state index in [4.69, 9.17) is 5.11 Å². The van der Waals surface area contributed by atoms with Crippen LogP contribution in [0.3, 0.4) is 0 Å². The Morgan fingerprint density at radius 1 is 1.45 bits per heavy atom. The minimum Gasteiger partial charge on any atom is -0.396 e. The zero-order valence-corrected chi connectivity index (χ0v) is 7.44. The van der Waals surface area contributed by atoms with Crippen LogP contribution in [-0.2, 0) is 6.42 Å². The first-order valence-electron chi connectivity index (χ1n) is 3.29. The number of hydrogen-bond acceptors (Lipinski definition) is 1. The van der Waals surface area contributed by atoms with Crippen LogP contribution in [-0.4, -0.2) is 11.7 Å². The number of hydrogen-bond donors (Lipinski definition) is 1. The van der Waals surface area contributed by atoms with E-state index in [0.717, 1.165) is 4.47 Å². The molecule has 60 valence electrons. The lowest BCUT2D eigenvalue weighted by molar-refractivity contribution is 0.297. The van der Waals surface area contributed by atoms with Crippen molar-refractivity contribution in [2.45, 2.75) is 6.42 Å². The van der Waals surface area contributed by atoms with E-state index >= 15 is 0 Å². The summed E-state index contributed by atoms with van der Waals surface area (Å²) in [6.45, 7) is -0.0205. The van der Waals surface area contributed by atoms with Crippen molar-refractivity contribution in [2.24, 2.45) is 0 Å². The van der Waals surface area contributed by atoms with Gasteiger partial charge in [-0.15, -0.1) is 0 Å². The number of aliphatic hydroxyl groups is 1. The predicted molar refractivity (Wildman–Crippen MR) is 44.9 cm³/mol. The van der Waals surface area contributed by atoms with E-state index in [1.807, 2.05) is 0 Å². The van der Waals surface area contributed by atoms with Crippen molar-refractivity contribution in [1.29, 1.82) is 0 Å². The number of benzene rings is 1. The lowest BCUT2D eigenvalue weighted by atomic mass is 10.1. The van der Waals surface area contributed by atoms with Crippen molar-refractivity contribution in [2.75, 3.05) is 6.61 Å². The summed E-state index contributed by atoms with van der Waals surface area (Å²) in [5, 5.41) is 8.55. The molecule has 1 nitrogen and oxygen atoms in total. The first-order valence-corrected chi connectivity index (χ1v) is 4.08. The molecule has 0 aliphatic heterocycles. The fourth-order valence-corrected chi connectivity index (χ4v) is 1.26. The van der Waals surface area contributed by atoms with E-state index in [-0.39, 0.29) is 12.4 Å². The van der Waals surface area contributed by atoms with Gasteiger partial charge in [0.1, 0.15) is 5.82 Å². The van der Waals surface area contributed by atoms with Crippen LogP contribution in [0.15, 0.2) is 22.7 Å². The third-order valence-corrected chi connectivity index (χ3v) is 1.88. The molecule has 0 aromatic heterocycles. The summed E-state index contributed by atoms with van der Waals surface area (Å²) >= 11 is 3.22. The van der Waals surface area contributed by atoms with Crippen molar-refractivity contribution in [1.82, 2.24) is 0 Å². The second-order valence-electron chi connectivity index (χ2n) is 2.21. The van der Waals surface area contributed by atoms with Gasteiger partial charge in [-0.25, -0.2) is 4.39 Å². The first kappa shape index (κ1) is 8.68. The van der Waals surface area contributed by atoms with Gasteiger partial charge < -0.3 is 5.11 Å². The Hall–Kier alpha value is -0.410. The summed E-state index contributed by atoms with van der Waals surface area (Å²) < 4.78 is 13.7. The van der Waals surface area contributed by atoms with Crippen LogP contribution in [0.5, 0.6) is 0 Å². The summed E-state index contributed by atoms with van der Waals surface area (Å²) in [4.78, 5) is 0. The van der Waals surface area contributed by atoms with E-state index in [1.54, 1.807) is 12.1 Å². The standard InChI is InChI=1S/C8H8BrFO/c9-7-1-2-8(10)6(5-7)3-4-11/h1-2,5,11H,3-4H2. The summed E-state index contributed by atoms with van der Waals surface area (Å²) in [5.74, 6) is -0.262. The van der Waals surface area contributed by atoms with Crippen molar-refractivity contribution in [3.05, 3.63) is 34.1 Å². The molecule has 1 aromatic rings. The Kier molecular flexibility index (Phi) is 3.02. The molecule has 0 saturated carbocycles. The molecule has 1 rings (SSSR count). The summed E-state index contributed by atoms with van der Waals surface area (Å²) in [7, 11) is 0. The molecule has 0 bridgehead atoms. The smallest absolute Gasteiger partial charge is 0.126 e. The van der Waals surface area contributed by atoms with Gasteiger partial charge in [-0.05, 0) is 30.2 Å². The van der Waals surface area contributed by atoms with Gasteiger partial charge in [0, 0.05) is 11.1 Å². The highest BCUT2D eigenvalue weighted by Crippen LogP contribution is 2.15. The molecular weight excluding hydrogens is 211 g/mol. The zero-order valence-electron chi connectivity index (χ0n) is 5.85. The van der Waals surface area contributed by atoms with Crippen LogP contribution < -0.4 is 0 Å². The molecule has 1 aromatic carbocycles. The molecule has 0 saturated heterocycles. The van der Waals surface area contributed by atoms with Gasteiger partial charge in [-0.1, -0.05) is 15.9 Å². The van der Waals surface area contributed by atoms with Gasteiger partial charge in [-0.3, -0.25) is 0 Å². The highest BCUT2D eigenvalue weighted by atomic mass is 79.9. The number of rotatable bonds is 2. The SMILES string of the molecule is OCCc1cc(Br)ccc1F. The molecule has 11 heavy (non-hydrogen) atoms. The molecule has 1 N–H and O–H groups in total. The van der Waals surface area contributed by atoms with E-state index in [9.17, 15) is 4.39 Å². The fourth-order valence-electron chi connectivity index (χ4n) is 0.855. The van der Waals surface area contributed by atoms with Crippen molar-refractivity contribution < 1.29 is 9.50 Å². The molecule has 0 amide bonds. The van der Waals surface area contributed by atoms with Gasteiger partial charge in [0.15, 0.2) is 0 Å². The molecule has 0 heterocycles. The lowest BCUT2D eigenvalue weighted by Gasteiger charge is -2.00. The topological polar surface area (TPSA) is 20.2 Å².